The van der Waals surface area contributed by atoms with Crippen molar-refractivity contribution >= 4 is 38.3 Å². The molecular formula is C18H22N4O4S2. The normalized spacial score (nSPS) is 15.5. The number of primary amides is 1. The number of hydrogen-bond acceptors (Lipinski definition) is 6. The largest absolute Gasteiger partial charge is 0.365 e. The summed E-state index contributed by atoms with van der Waals surface area (Å²) in [5.41, 5.74) is 5.36. The van der Waals surface area contributed by atoms with E-state index in [4.69, 9.17) is 5.73 Å². The minimum atomic E-state index is -3.70. The number of benzene rings is 1. The molecule has 150 valence electrons. The molecule has 2 amide bonds. The topological polar surface area (TPSA) is 122 Å². The minimum Gasteiger partial charge on any atom is -0.365 e. The van der Waals surface area contributed by atoms with Crippen molar-refractivity contribution in [1.82, 2.24) is 9.29 Å². The molecule has 0 aliphatic heterocycles. The van der Waals surface area contributed by atoms with Crippen LogP contribution in [0.15, 0.2) is 35.4 Å². The highest BCUT2D eigenvalue weighted by Crippen LogP contribution is 2.27. The Morgan fingerprint density at radius 1 is 1.25 bits per heavy atom. The summed E-state index contributed by atoms with van der Waals surface area (Å²) >= 11 is 0.953. The van der Waals surface area contributed by atoms with Crippen molar-refractivity contribution in [2.75, 3.05) is 12.4 Å². The van der Waals surface area contributed by atoms with E-state index in [0.717, 1.165) is 43.4 Å². The molecule has 0 unspecified atom stereocenters. The molecule has 2 aromatic rings. The van der Waals surface area contributed by atoms with Crippen molar-refractivity contribution in [3.63, 3.8) is 0 Å². The first-order valence-corrected chi connectivity index (χ1v) is 11.2. The van der Waals surface area contributed by atoms with Crippen LogP contribution in [0.5, 0.6) is 0 Å². The summed E-state index contributed by atoms with van der Waals surface area (Å²) in [4.78, 5) is 27.8. The predicted molar refractivity (Wildman–Crippen MR) is 107 cm³/mol. The van der Waals surface area contributed by atoms with Crippen LogP contribution >= 0.6 is 11.3 Å². The molecule has 0 radical (unpaired) electrons. The highest BCUT2D eigenvalue weighted by atomic mass is 32.2. The molecule has 1 saturated carbocycles. The van der Waals surface area contributed by atoms with Crippen molar-refractivity contribution < 1.29 is 18.0 Å². The molecule has 10 heteroatoms. The van der Waals surface area contributed by atoms with Crippen LogP contribution < -0.4 is 11.1 Å². The fourth-order valence-electron chi connectivity index (χ4n) is 3.22. The molecule has 1 fully saturated rings. The van der Waals surface area contributed by atoms with Gasteiger partial charge in [-0.25, -0.2) is 13.4 Å². The van der Waals surface area contributed by atoms with Crippen LogP contribution in [-0.2, 0) is 10.0 Å². The Morgan fingerprint density at radius 2 is 1.96 bits per heavy atom. The van der Waals surface area contributed by atoms with Crippen LogP contribution in [-0.4, -0.2) is 42.6 Å². The number of carbonyl (C=O) groups is 2. The standard InChI is InChI=1S/C18H22N4O4S2/c1-22(13-7-3-2-4-8-13)28(25,26)14-9-5-6-12(10-14)17(24)21-18-20-11-15(27-18)16(19)23/h5-6,9-11,13H,2-4,7-8H2,1H3,(H2,19,23)(H,20,21,24). The molecule has 1 heterocycles. The summed E-state index contributed by atoms with van der Waals surface area (Å²) in [5, 5.41) is 2.77. The van der Waals surface area contributed by atoms with Gasteiger partial charge in [0, 0.05) is 18.7 Å². The maximum atomic E-state index is 13.0. The highest BCUT2D eigenvalue weighted by molar-refractivity contribution is 7.89. The molecule has 0 atom stereocenters. The molecule has 8 nitrogen and oxygen atoms in total. The Morgan fingerprint density at radius 3 is 2.61 bits per heavy atom. The van der Waals surface area contributed by atoms with E-state index in [1.165, 1.54) is 34.8 Å². The van der Waals surface area contributed by atoms with Gasteiger partial charge >= 0.3 is 0 Å². The smallest absolute Gasteiger partial charge is 0.260 e. The molecule has 1 aliphatic carbocycles. The molecule has 0 saturated heterocycles. The molecule has 0 spiro atoms. The number of nitrogens with one attached hydrogen (secondary N) is 1. The lowest BCUT2D eigenvalue weighted by Gasteiger charge is -2.30. The molecule has 0 bridgehead atoms. The molecule has 1 aromatic heterocycles. The van der Waals surface area contributed by atoms with Crippen LogP contribution in [0.3, 0.4) is 0 Å². The maximum Gasteiger partial charge on any atom is 0.260 e. The number of aromatic nitrogens is 1. The number of amides is 2. The predicted octanol–water partition coefficient (Wildman–Crippen LogP) is 2.45. The quantitative estimate of drug-likeness (QED) is 0.740. The third kappa shape index (κ3) is 4.40. The first-order valence-electron chi connectivity index (χ1n) is 8.94. The van der Waals surface area contributed by atoms with Gasteiger partial charge in [-0.15, -0.1) is 0 Å². The van der Waals surface area contributed by atoms with Gasteiger partial charge in [0.1, 0.15) is 4.88 Å². The molecule has 3 N–H and O–H groups in total. The van der Waals surface area contributed by atoms with E-state index < -0.39 is 21.8 Å². The first-order chi connectivity index (χ1) is 13.3. The van der Waals surface area contributed by atoms with Crippen molar-refractivity contribution in [2.24, 2.45) is 5.73 Å². The summed E-state index contributed by atoms with van der Waals surface area (Å²) in [6.45, 7) is 0. The van der Waals surface area contributed by atoms with Crippen molar-refractivity contribution in [2.45, 2.75) is 43.0 Å². The lowest BCUT2D eigenvalue weighted by Crippen LogP contribution is -2.38. The van der Waals surface area contributed by atoms with E-state index >= 15 is 0 Å². The number of sulfonamides is 1. The monoisotopic (exact) mass is 422 g/mol. The van der Waals surface area contributed by atoms with E-state index in [1.807, 2.05) is 0 Å². The van der Waals surface area contributed by atoms with Crippen molar-refractivity contribution in [1.29, 1.82) is 0 Å². The Balaban J connectivity index is 1.78. The van der Waals surface area contributed by atoms with Crippen LogP contribution in [0.1, 0.15) is 52.1 Å². The van der Waals surface area contributed by atoms with E-state index in [1.54, 1.807) is 7.05 Å². The first kappa shape index (κ1) is 20.4. The van der Waals surface area contributed by atoms with Gasteiger partial charge < -0.3 is 5.73 Å². The minimum absolute atomic E-state index is 0.0150. The molecule has 28 heavy (non-hydrogen) atoms. The van der Waals surface area contributed by atoms with Gasteiger partial charge in [0.05, 0.1) is 11.1 Å². The van der Waals surface area contributed by atoms with E-state index in [2.05, 4.69) is 10.3 Å². The number of nitrogens with two attached hydrogens (primary N) is 1. The second kappa shape index (κ2) is 8.38. The van der Waals surface area contributed by atoms with E-state index in [9.17, 15) is 18.0 Å². The Bertz CT molecular complexity index is 981. The summed E-state index contributed by atoms with van der Waals surface area (Å²) in [5.74, 6) is -1.14. The average Bonchev–Trinajstić information content (AvgIpc) is 3.17. The number of nitrogens with zero attached hydrogens (tertiary/aromatic N) is 2. The van der Waals surface area contributed by atoms with Gasteiger partial charge in [-0.3, -0.25) is 14.9 Å². The van der Waals surface area contributed by atoms with Gasteiger partial charge in [0.2, 0.25) is 10.0 Å². The highest BCUT2D eigenvalue weighted by Gasteiger charge is 2.29. The van der Waals surface area contributed by atoms with Crippen LogP contribution in [0.2, 0.25) is 0 Å². The van der Waals surface area contributed by atoms with Gasteiger partial charge in [0.25, 0.3) is 11.8 Å². The Kier molecular flexibility index (Phi) is 6.11. The summed E-state index contributed by atoms with van der Waals surface area (Å²) in [7, 11) is -2.10. The van der Waals surface area contributed by atoms with E-state index in [0.29, 0.717) is 0 Å². The Labute approximate surface area is 167 Å². The zero-order valence-corrected chi connectivity index (χ0v) is 17.1. The number of carbonyl (C=O) groups excluding carboxylic acids is 2. The fourth-order valence-corrected chi connectivity index (χ4v) is 5.35. The molecular weight excluding hydrogens is 400 g/mol. The van der Waals surface area contributed by atoms with Gasteiger partial charge in [-0.2, -0.15) is 4.31 Å². The molecule has 1 aromatic carbocycles. The maximum absolute atomic E-state index is 13.0. The third-order valence-electron chi connectivity index (χ3n) is 4.83. The second-order valence-corrected chi connectivity index (χ2v) is 9.72. The third-order valence-corrected chi connectivity index (χ3v) is 7.66. The number of thiazole rings is 1. The van der Waals surface area contributed by atoms with E-state index in [-0.39, 0.29) is 26.5 Å². The SMILES string of the molecule is CN(C1CCCCC1)S(=O)(=O)c1cccc(C(=O)Nc2ncc(C(N)=O)s2)c1. The molecule has 3 rings (SSSR count). The average molecular weight is 423 g/mol. The number of hydrogen-bond donors (Lipinski definition) is 2. The lowest BCUT2D eigenvalue weighted by molar-refractivity contribution is 0.100. The summed E-state index contributed by atoms with van der Waals surface area (Å²) in [6, 6.07) is 5.89. The van der Waals surface area contributed by atoms with Crippen LogP contribution in [0, 0.1) is 0 Å². The van der Waals surface area contributed by atoms with Gasteiger partial charge in [-0.05, 0) is 31.0 Å². The zero-order valence-electron chi connectivity index (χ0n) is 15.4. The summed E-state index contributed by atoms with van der Waals surface area (Å²) < 4.78 is 27.4. The van der Waals surface area contributed by atoms with Crippen LogP contribution in [0.25, 0.3) is 0 Å². The zero-order chi connectivity index (χ0) is 20.3. The fraction of sp³-hybridized carbons (Fsp3) is 0.389. The number of rotatable bonds is 6. The summed E-state index contributed by atoms with van der Waals surface area (Å²) in [6.07, 6.45) is 6.16. The number of anilines is 1. The van der Waals surface area contributed by atoms with Crippen molar-refractivity contribution in [3.05, 3.63) is 40.9 Å². The van der Waals surface area contributed by atoms with Gasteiger partial charge in [-0.1, -0.05) is 36.7 Å². The van der Waals surface area contributed by atoms with Gasteiger partial charge in [0.15, 0.2) is 5.13 Å². The second-order valence-electron chi connectivity index (χ2n) is 6.69. The lowest BCUT2D eigenvalue weighted by atomic mass is 9.96. The van der Waals surface area contributed by atoms with Crippen LogP contribution in [0.4, 0.5) is 5.13 Å². The Hall–Kier alpha value is -2.30. The van der Waals surface area contributed by atoms with Crippen molar-refractivity contribution in [3.8, 4) is 0 Å². The molecule has 1 aliphatic rings.